The summed E-state index contributed by atoms with van der Waals surface area (Å²) in [4.78, 5) is 15.5. The quantitative estimate of drug-likeness (QED) is 0.907. The molecule has 1 amide bonds. The van der Waals surface area contributed by atoms with Gasteiger partial charge >= 0.3 is 0 Å². The molecule has 23 heavy (non-hydrogen) atoms. The van der Waals surface area contributed by atoms with E-state index in [-0.39, 0.29) is 11.4 Å². The first-order valence-corrected chi connectivity index (χ1v) is 8.36. The molecule has 4 rings (SSSR count). The number of fused-ring (bicyclic) bond motifs is 2. The van der Waals surface area contributed by atoms with Gasteiger partial charge in [0.2, 0.25) is 5.91 Å². The van der Waals surface area contributed by atoms with Gasteiger partial charge in [0.25, 0.3) is 0 Å². The summed E-state index contributed by atoms with van der Waals surface area (Å²) < 4.78 is 0. The van der Waals surface area contributed by atoms with Crippen LogP contribution in [0, 0.1) is 0 Å². The van der Waals surface area contributed by atoms with Gasteiger partial charge in [0.05, 0.1) is 13.1 Å². The SMILES string of the molecule is CC1(C)[NH2+]CCC12C(=O)N(Cc1ccccc1)c1ccccc12. The average Bonchev–Trinajstić information content (AvgIpc) is 3.00. The topological polar surface area (TPSA) is 36.9 Å². The van der Waals surface area contributed by atoms with Crippen molar-refractivity contribution in [2.45, 2.75) is 37.8 Å². The van der Waals surface area contributed by atoms with Gasteiger partial charge in [-0.2, -0.15) is 0 Å². The molecule has 1 saturated heterocycles. The number of carbonyl (C=O) groups excluding carboxylic acids is 1. The lowest BCUT2D eigenvalue weighted by molar-refractivity contribution is -0.704. The van der Waals surface area contributed by atoms with E-state index in [1.54, 1.807) is 0 Å². The summed E-state index contributed by atoms with van der Waals surface area (Å²) in [6, 6.07) is 18.6. The van der Waals surface area contributed by atoms with Gasteiger partial charge in [-0.25, -0.2) is 0 Å². The minimum atomic E-state index is -0.391. The van der Waals surface area contributed by atoms with Crippen LogP contribution < -0.4 is 10.2 Å². The van der Waals surface area contributed by atoms with Crippen molar-refractivity contribution in [1.29, 1.82) is 0 Å². The van der Waals surface area contributed by atoms with Crippen LogP contribution >= 0.6 is 0 Å². The zero-order valence-electron chi connectivity index (χ0n) is 13.8. The fraction of sp³-hybridized carbons (Fsp3) is 0.350. The molecule has 1 atom stereocenters. The van der Waals surface area contributed by atoms with Gasteiger partial charge in [-0.3, -0.25) is 4.79 Å². The van der Waals surface area contributed by atoms with Gasteiger partial charge in [0.1, 0.15) is 11.0 Å². The second-order valence-electron chi connectivity index (χ2n) is 7.26. The number of carbonyl (C=O) groups is 1. The highest BCUT2D eigenvalue weighted by Crippen LogP contribution is 2.50. The zero-order chi connectivity index (χ0) is 16.1. The number of quaternary nitrogens is 1. The fourth-order valence-electron chi connectivity index (χ4n) is 4.46. The third-order valence-electron chi connectivity index (χ3n) is 5.72. The maximum atomic E-state index is 13.5. The molecule has 0 aliphatic carbocycles. The maximum absolute atomic E-state index is 13.5. The summed E-state index contributed by atoms with van der Waals surface area (Å²) in [5, 5.41) is 2.33. The first kappa shape index (κ1) is 14.5. The van der Waals surface area contributed by atoms with Crippen molar-refractivity contribution in [1.82, 2.24) is 0 Å². The van der Waals surface area contributed by atoms with E-state index in [9.17, 15) is 4.79 Å². The van der Waals surface area contributed by atoms with E-state index in [1.165, 1.54) is 11.1 Å². The van der Waals surface area contributed by atoms with Gasteiger partial charge < -0.3 is 10.2 Å². The van der Waals surface area contributed by atoms with E-state index in [4.69, 9.17) is 0 Å². The van der Waals surface area contributed by atoms with Crippen LogP contribution in [-0.4, -0.2) is 18.0 Å². The van der Waals surface area contributed by atoms with Gasteiger partial charge in [-0.1, -0.05) is 48.5 Å². The van der Waals surface area contributed by atoms with E-state index in [0.29, 0.717) is 6.54 Å². The Bertz CT molecular complexity index is 753. The zero-order valence-corrected chi connectivity index (χ0v) is 13.8. The van der Waals surface area contributed by atoms with Crippen molar-refractivity contribution in [2.24, 2.45) is 0 Å². The summed E-state index contributed by atoms with van der Waals surface area (Å²) in [5.41, 5.74) is 2.97. The smallest absolute Gasteiger partial charge is 0.244 e. The Morgan fingerprint density at radius 3 is 2.43 bits per heavy atom. The molecule has 1 spiro atoms. The van der Waals surface area contributed by atoms with Crippen molar-refractivity contribution in [3.63, 3.8) is 0 Å². The van der Waals surface area contributed by atoms with Crippen LogP contribution in [0.1, 0.15) is 31.4 Å². The van der Waals surface area contributed by atoms with Gasteiger partial charge in [0.15, 0.2) is 0 Å². The van der Waals surface area contributed by atoms with Crippen molar-refractivity contribution in [3.05, 3.63) is 65.7 Å². The number of benzene rings is 2. The van der Waals surface area contributed by atoms with Crippen molar-refractivity contribution in [2.75, 3.05) is 11.4 Å². The van der Waals surface area contributed by atoms with E-state index < -0.39 is 5.41 Å². The third-order valence-corrected chi connectivity index (χ3v) is 5.72. The van der Waals surface area contributed by atoms with Crippen LogP contribution in [-0.2, 0) is 16.8 Å². The Kier molecular flexibility index (Phi) is 3.10. The van der Waals surface area contributed by atoms with Gasteiger partial charge in [-0.05, 0) is 31.0 Å². The molecule has 2 aromatic rings. The molecular weight excluding hydrogens is 284 g/mol. The largest absolute Gasteiger partial charge is 0.341 e. The average molecular weight is 307 g/mol. The van der Waals surface area contributed by atoms with Crippen LogP contribution in [0.3, 0.4) is 0 Å². The molecule has 0 saturated carbocycles. The Balaban J connectivity index is 1.83. The Morgan fingerprint density at radius 1 is 1.04 bits per heavy atom. The lowest BCUT2D eigenvalue weighted by Crippen LogP contribution is -2.94. The third kappa shape index (κ3) is 1.89. The first-order chi connectivity index (χ1) is 11.1. The van der Waals surface area contributed by atoms with E-state index >= 15 is 0 Å². The van der Waals surface area contributed by atoms with E-state index in [0.717, 1.165) is 18.7 Å². The van der Waals surface area contributed by atoms with Gasteiger partial charge in [0, 0.05) is 12.1 Å². The molecule has 1 fully saturated rings. The molecular formula is C20H23N2O+. The highest BCUT2D eigenvalue weighted by atomic mass is 16.2. The highest BCUT2D eigenvalue weighted by Gasteiger charge is 2.64. The minimum absolute atomic E-state index is 0.106. The number of hydrogen-bond donors (Lipinski definition) is 1. The Morgan fingerprint density at radius 2 is 1.74 bits per heavy atom. The van der Waals surface area contributed by atoms with E-state index in [2.05, 4.69) is 49.5 Å². The lowest BCUT2D eigenvalue weighted by Gasteiger charge is -2.33. The normalized spacial score (nSPS) is 25.1. The van der Waals surface area contributed by atoms with Crippen molar-refractivity contribution in [3.8, 4) is 0 Å². The van der Waals surface area contributed by atoms with Crippen LogP contribution in [0.5, 0.6) is 0 Å². The second-order valence-corrected chi connectivity index (χ2v) is 7.26. The number of nitrogens with zero attached hydrogens (tertiary/aromatic N) is 1. The Labute approximate surface area is 137 Å². The molecule has 0 bridgehead atoms. The predicted molar refractivity (Wildman–Crippen MR) is 91.2 cm³/mol. The molecule has 118 valence electrons. The molecule has 1 unspecified atom stereocenters. The summed E-state index contributed by atoms with van der Waals surface area (Å²) in [7, 11) is 0. The van der Waals surface area contributed by atoms with Crippen LogP contribution in [0.4, 0.5) is 5.69 Å². The summed E-state index contributed by atoms with van der Waals surface area (Å²) >= 11 is 0. The predicted octanol–water partition coefficient (Wildman–Crippen LogP) is 2.22. The molecule has 0 radical (unpaired) electrons. The number of amides is 1. The molecule has 2 aliphatic rings. The molecule has 2 aliphatic heterocycles. The maximum Gasteiger partial charge on any atom is 0.244 e. The molecule has 3 nitrogen and oxygen atoms in total. The number of rotatable bonds is 2. The number of hydrogen-bond acceptors (Lipinski definition) is 1. The highest BCUT2D eigenvalue weighted by molar-refractivity contribution is 6.09. The second kappa shape index (κ2) is 4.93. The molecule has 2 aromatic carbocycles. The van der Waals surface area contributed by atoms with Crippen molar-refractivity contribution < 1.29 is 10.1 Å². The number of anilines is 1. The molecule has 2 heterocycles. The molecule has 0 aromatic heterocycles. The standard InChI is InChI=1S/C20H22N2O/c1-19(2)20(12-13-21-19)16-10-6-7-11-17(16)22(18(20)23)14-15-8-4-3-5-9-15/h3-11,21H,12-14H2,1-2H3/p+1. The van der Waals surface area contributed by atoms with E-state index in [1.807, 2.05) is 29.2 Å². The lowest BCUT2D eigenvalue weighted by atomic mass is 9.68. The minimum Gasteiger partial charge on any atom is -0.341 e. The van der Waals surface area contributed by atoms with Crippen LogP contribution in [0.25, 0.3) is 0 Å². The van der Waals surface area contributed by atoms with Gasteiger partial charge in [-0.15, -0.1) is 0 Å². The van der Waals surface area contributed by atoms with Crippen LogP contribution in [0.2, 0.25) is 0 Å². The fourth-order valence-corrected chi connectivity index (χ4v) is 4.46. The first-order valence-electron chi connectivity index (χ1n) is 8.36. The summed E-state index contributed by atoms with van der Waals surface area (Å²) in [5.74, 6) is 0.265. The summed E-state index contributed by atoms with van der Waals surface area (Å²) in [6.45, 7) is 6.07. The summed E-state index contributed by atoms with van der Waals surface area (Å²) in [6.07, 6.45) is 0.918. The van der Waals surface area contributed by atoms with Crippen molar-refractivity contribution >= 4 is 11.6 Å². The molecule has 2 N–H and O–H groups in total. The monoisotopic (exact) mass is 307 g/mol. The molecule has 3 heteroatoms. The van der Waals surface area contributed by atoms with Crippen LogP contribution in [0.15, 0.2) is 54.6 Å². The number of nitrogens with two attached hydrogens (primary N) is 1. The number of para-hydroxylation sites is 1. The Hall–Kier alpha value is -2.13.